The molecule has 3 aromatic rings. The molecule has 0 amide bonds. The summed E-state index contributed by atoms with van der Waals surface area (Å²) in [7, 11) is 0. The smallest absolute Gasteiger partial charge is 0.310 e. The quantitative estimate of drug-likeness (QED) is 0.366. The van der Waals surface area contributed by atoms with Crippen LogP contribution in [0.3, 0.4) is 0 Å². The van der Waals surface area contributed by atoms with Gasteiger partial charge in [0.15, 0.2) is 5.78 Å². The number of esters is 1. The van der Waals surface area contributed by atoms with E-state index in [9.17, 15) is 9.59 Å². The van der Waals surface area contributed by atoms with E-state index in [2.05, 4.69) is 4.98 Å². The van der Waals surface area contributed by atoms with E-state index in [1.165, 1.54) is 0 Å². The van der Waals surface area contributed by atoms with Gasteiger partial charge in [0.1, 0.15) is 5.75 Å². The lowest BCUT2D eigenvalue weighted by atomic mass is 10.0. The Morgan fingerprint density at radius 2 is 1.77 bits per heavy atom. The minimum atomic E-state index is -0.246. The molecule has 0 fully saturated rings. The van der Waals surface area contributed by atoms with Gasteiger partial charge in [0.25, 0.3) is 0 Å². The highest BCUT2D eigenvalue weighted by Crippen LogP contribution is 2.31. The maximum atomic E-state index is 12.2. The molecule has 0 bridgehead atoms. The van der Waals surface area contributed by atoms with Crippen molar-refractivity contribution in [2.24, 2.45) is 0 Å². The van der Waals surface area contributed by atoms with Crippen LogP contribution in [0.25, 0.3) is 22.2 Å². The molecule has 0 aliphatic heterocycles. The van der Waals surface area contributed by atoms with E-state index in [1.54, 1.807) is 19.1 Å². The van der Waals surface area contributed by atoms with E-state index in [0.29, 0.717) is 18.6 Å². The molecule has 2 aromatic carbocycles. The lowest BCUT2D eigenvalue weighted by Gasteiger charge is -2.05. The summed E-state index contributed by atoms with van der Waals surface area (Å²) in [6.07, 6.45) is 1.77. The molecule has 134 valence electrons. The Morgan fingerprint density at radius 1 is 1.04 bits per heavy atom. The van der Waals surface area contributed by atoms with Crippen molar-refractivity contribution in [3.63, 3.8) is 0 Å². The second-order valence-corrected chi connectivity index (χ2v) is 6.41. The molecule has 0 saturated carbocycles. The van der Waals surface area contributed by atoms with E-state index in [0.717, 1.165) is 39.7 Å². The highest BCUT2D eigenvalue weighted by Gasteiger charge is 2.13. The molecule has 0 unspecified atom stereocenters. The van der Waals surface area contributed by atoms with Gasteiger partial charge in [-0.3, -0.25) is 9.59 Å². The number of aromatic amines is 1. The lowest BCUT2D eigenvalue weighted by molar-refractivity contribution is -0.134. The van der Waals surface area contributed by atoms with Crippen LogP contribution in [0, 0.1) is 6.92 Å². The first kappa shape index (κ1) is 17.9. The summed E-state index contributed by atoms with van der Waals surface area (Å²) < 4.78 is 5.22. The molecule has 0 atom stereocenters. The molecule has 0 radical (unpaired) electrons. The maximum Gasteiger partial charge on any atom is 0.310 e. The van der Waals surface area contributed by atoms with Gasteiger partial charge in [-0.1, -0.05) is 13.8 Å². The van der Waals surface area contributed by atoms with E-state index >= 15 is 0 Å². The van der Waals surface area contributed by atoms with E-state index in [1.807, 2.05) is 44.2 Å². The molecule has 1 heterocycles. The number of aryl methyl sites for hydroxylation is 1. The Balaban J connectivity index is 1.94. The first-order valence-corrected chi connectivity index (χ1v) is 9.00. The molecule has 0 aliphatic carbocycles. The SMILES string of the molecule is CCCC(=O)c1ccc2[nH]c(-c3ccc(OC(=O)CC)cc3)c(C)c2c1. The number of nitrogens with one attached hydrogen (secondary N) is 1. The normalized spacial score (nSPS) is 10.9. The summed E-state index contributed by atoms with van der Waals surface area (Å²) >= 11 is 0. The number of carbonyl (C=O) groups is 2. The number of ketones is 1. The second kappa shape index (κ2) is 7.56. The summed E-state index contributed by atoms with van der Waals surface area (Å²) in [5.74, 6) is 0.476. The topological polar surface area (TPSA) is 59.2 Å². The number of Topliss-reactive ketones (excluding diaryl/α,β-unsaturated/α-hetero) is 1. The number of aromatic nitrogens is 1. The molecule has 4 heteroatoms. The van der Waals surface area contributed by atoms with E-state index in [-0.39, 0.29) is 11.8 Å². The van der Waals surface area contributed by atoms with Gasteiger partial charge in [0.2, 0.25) is 0 Å². The maximum absolute atomic E-state index is 12.2. The highest BCUT2D eigenvalue weighted by molar-refractivity contribution is 6.01. The van der Waals surface area contributed by atoms with Crippen molar-refractivity contribution < 1.29 is 14.3 Å². The summed E-state index contributed by atoms with van der Waals surface area (Å²) in [5.41, 5.74) is 4.89. The predicted octanol–water partition coefficient (Wildman–Crippen LogP) is 5.44. The molecule has 26 heavy (non-hydrogen) atoms. The van der Waals surface area contributed by atoms with Gasteiger partial charge < -0.3 is 9.72 Å². The molecule has 1 N–H and O–H groups in total. The summed E-state index contributed by atoms with van der Waals surface area (Å²) in [6, 6.07) is 13.3. The number of benzene rings is 2. The van der Waals surface area contributed by atoms with Gasteiger partial charge in [-0.25, -0.2) is 0 Å². The van der Waals surface area contributed by atoms with Crippen LogP contribution in [0.2, 0.25) is 0 Å². The molecular formula is C22H23NO3. The standard InChI is InChI=1S/C22H23NO3/c1-4-6-20(24)16-9-12-19-18(13-16)14(3)22(23-19)15-7-10-17(11-8-15)26-21(25)5-2/h7-13,23H,4-6H2,1-3H3. The minimum absolute atomic E-state index is 0.179. The number of H-pyrrole nitrogens is 1. The van der Waals surface area contributed by atoms with Crippen molar-refractivity contribution in [3.8, 4) is 17.0 Å². The monoisotopic (exact) mass is 349 g/mol. The minimum Gasteiger partial charge on any atom is -0.427 e. The largest absolute Gasteiger partial charge is 0.427 e. The van der Waals surface area contributed by atoms with Crippen molar-refractivity contribution in [2.45, 2.75) is 40.0 Å². The summed E-state index contributed by atoms with van der Waals surface area (Å²) in [4.78, 5) is 27.0. The van der Waals surface area contributed by atoms with E-state index in [4.69, 9.17) is 4.74 Å². The fraction of sp³-hybridized carbons (Fsp3) is 0.273. The fourth-order valence-corrected chi connectivity index (χ4v) is 3.05. The molecular weight excluding hydrogens is 326 g/mol. The summed E-state index contributed by atoms with van der Waals surface area (Å²) in [6.45, 7) is 5.83. The first-order chi connectivity index (χ1) is 12.5. The number of rotatable bonds is 6. The Labute approximate surface area is 153 Å². The van der Waals surface area contributed by atoms with Crippen molar-refractivity contribution in [2.75, 3.05) is 0 Å². The Hall–Kier alpha value is -2.88. The average Bonchev–Trinajstić information content (AvgIpc) is 2.98. The third-order valence-corrected chi connectivity index (χ3v) is 4.52. The Kier molecular flexibility index (Phi) is 5.21. The van der Waals surface area contributed by atoms with Crippen molar-refractivity contribution >= 4 is 22.7 Å². The van der Waals surface area contributed by atoms with Crippen LogP contribution >= 0.6 is 0 Å². The van der Waals surface area contributed by atoms with Gasteiger partial charge >= 0.3 is 5.97 Å². The Bertz CT molecular complexity index is 951. The van der Waals surface area contributed by atoms with Crippen LogP contribution in [0.5, 0.6) is 5.75 Å². The molecule has 0 aliphatic rings. The van der Waals surface area contributed by atoms with E-state index < -0.39 is 0 Å². The van der Waals surface area contributed by atoms with Gasteiger partial charge in [-0.15, -0.1) is 0 Å². The van der Waals surface area contributed by atoms with Crippen LogP contribution in [-0.2, 0) is 4.79 Å². The zero-order chi connectivity index (χ0) is 18.7. The lowest BCUT2D eigenvalue weighted by Crippen LogP contribution is -2.05. The van der Waals surface area contributed by atoms with Gasteiger partial charge in [0, 0.05) is 35.0 Å². The number of carbonyl (C=O) groups excluding carboxylic acids is 2. The highest BCUT2D eigenvalue weighted by atomic mass is 16.5. The number of hydrogen-bond acceptors (Lipinski definition) is 3. The number of ether oxygens (including phenoxy) is 1. The zero-order valence-electron chi connectivity index (χ0n) is 15.4. The molecule has 1 aromatic heterocycles. The van der Waals surface area contributed by atoms with Crippen LogP contribution in [-0.4, -0.2) is 16.7 Å². The van der Waals surface area contributed by atoms with Crippen LogP contribution < -0.4 is 4.74 Å². The van der Waals surface area contributed by atoms with Crippen molar-refractivity contribution in [3.05, 3.63) is 53.6 Å². The van der Waals surface area contributed by atoms with Crippen LogP contribution in [0.4, 0.5) is 0 Å². The first-order valence-electron chi connectivity index (χ1n) is 9.00. The number of fused-ring (bicyclic) bond motifs is 1. The van der Waals surface area contributed by atoms with Crippen LogP contribution in [0.15, 0.2) is 42.5 Å². The third kappa shape index (κ3) is 3.54. The third-order valence-electron chi connectivity index (χ3n) is 4.52. The van der Waals surface area contributed by atoms with Crippen molar-refractivity contribution in [1.29, 1.82) is 0 Å². The van der Waals surface area contributed by atoms with Gasteiger partial charge in [0.05, 0.1) is 0 Å². The number of hydrogen-bond donors (Lipinski definition) is 1. The van der Waals surface area contributed by atoms with Crippen molar-refractivity contribution in [1.82, 2.24) is 4.98 Å². The Morgan fingerprint density at radius 3 is 2.42 bits per heavy atom. The molecule has 0 saturated heterocycles. The van der Waals surface area contributed by atoms with Crippen LogP contribution in [0.1, 0.15) is 49.0 Å². The predicted molar refractivity (Wildman–Crippen MR) is 104 cm³/mol. The fourth-order valence-electron chi connectivity index (χ4n) is 3.05. The van der Waals surface area contributed by atoms with Gasteiger partial charge in [-0.05, 0) is 66.9 Å². The molecule has 0 spiro atoms. The molecule has 3 rings (SSSR count). The molecule has 4 nitrogen and oxygen atoms in total. The second-order valence-electron chi connectivity index (χ2n) is 6.41. The summed E-state index contributed by atoms with van der Waals surface area (Å²) in [5, 5.41) is 1.06. The zero-order valence-corrected chi connectivity index (χ0v) is 15.4. The average molecular weight is 349 g/mol. The van der Waals surface area contributed by atoms with Gasteiger partial charge in [-0.2, -0.15) is 0 Å².